The predicted molar refractivity (Wildman–Crippen MR) is 78.7 cm³/mol. The molecule has 5 N–H and O–H groups in total. The van der Waals surface area contributed by atoms with Gasteiger partial charge in [0.05, 0.1) is 0 Å². The molecule has 4 nitrogen and oxygen atoms in total. The summed E-state index contributed by atoms with van der Waals surface area (Å²) in [5, 5.41) is 2.99. The van der Waals surface area contributed by atoms with Gasteiger partial charge in [-0.3, -0.25) is 4.79 Å². The topological polar surface area (TPSA) is 81.1 Å². The second kappa shape index (κ2) is 5.95. The van der Waals surface area contributed by atoms with E-state index in [2.05, 4.69) is 12.2 Å². The van der Waals surface area contributed by atoms with Gasteiger partial charge in [-0.25, -0.2) is 0 Å². The standard InChI is InChI=1S/C15H23N3O/c1-10-2-4-11(5-3-10)9-18-15(19)12-6-13(16)8-14(17)7-12/h6-8,10-11H,2-5,9,16-17H2,1H3,(H,18,19). The predicted octanol–water partition coefficient (Wildman–Crippen LogP) is 2.41. The van der Waals surface area contributed by atoms with Gasteiger partial charge in [0.25, 0.3) is 5.91 Å². The fraction of sp³-hybridized carbons (Fsp3) is 0.533. The third kappa shape index (κ3) is 3.88. The van der Waals surface area contributed by atoms with E-state index in [0.29, 0.717) is 22.9 Å². The largest absolute Gasteiger partial charge is 0.399 e. The van der Waals surface area contributed by atoms with Crippen molar-refractivity contribution in [2.45, 2.75) is 32.6 Å². The van der Waals surface area contributed by atoms with Crippen LogP contribution in [0.1, 0.15) is 43.0 Å². The van der Waals surface area contributed by atoms with Crippen molar-refractivity contribution in [2.75, 3.05) is 18.0 Å². The fourth-order valence-corrected chi connectivity index (χ4v) is 2.68. The molecule has 104 valence electrons. The zero-order valence-corrected chi connectivity index (χ0v) is 11.5. The van der Waals surface area contributed by atoms with Crippen LogP contribution in [0.3, 0.4) is 0 Å². The van der Waals surface area contributed by atoms with E-state index in [0.717, 1.165) is 12.5 Å². The molecular formula is C15H23N3O. The Morgan fingerprint density at radius 2 is 1.74 bits per heavy atom. The van der Waals surface area contributed by atoms with E-state index in [4.69, 9.17) is 11.5 Å². The molecule has 0 aromatic heterocycles. The first kappa shape index (κ1) is 13.7. The lowest BCUT2D eigenvalue weighted by Gasteiger charge is -2.26. The maximum atomic E-state index is 12.0. The van der Waals surface area contributed by atoms with Crippen LogP contribution in [0.5, 0.6) is 0 Å². The number of carbonyl (C=O) groups is 1. The number of benzene rings is 1. The van der Waals surface area contributed by atoms with Gasteiger partial charge in [0.1, 0.15) is 0 Å². The van der Waals surface area contributed by atoms with Crippen molar-refractivity contribution in [3.05, 3.63) is 23.8 Å². The van der Waals surface area contributed by atoms with Gasteiger partial charge in [-0.2, -0.15) is 0 Å². The van der Waals surface area contributed by atoms with Crippen LogP contribution in [-0.2, 0) is 0 Å². The molecule has 1 saturated carbocycles. The summed E-state index contributed by atoms with van der Waals surface area (Å²) in [6.07, 6.45) is 4.96. The summed E-state index contributed by atoms with van der Waals surface area (Å²) in [6.45, 7) is 3.05. The molecule has 1 amide bonds. The third-order valence-electron chi connectivity index (χ3n) is 3.93. The first-order valence-corrected chi connectivity index (χ1v) is 6.99. The van der Waals surface area contributed by atoms with Crippen LogP contribution < -0.4 is 16.8 Å². The van der Waals surface area contributed by atoms with Gasteiger partial charge in [0.15, 0.2) is 0 Å². The van der Waals surface area contributed by atoms with Gasteiger partial charge < -0.3 is 16.8 Å². The van der Waals surface area contributed by atoms with Gasteiger partial charge in [-0.15, -0.1) is 0 Å². The first-order chi connectivity index (χ1) is 9.04. The first-order valence-electron chi connectivity index (χ1n) is 6.99. The molecule has 0 unspecified atom stereocenters. The number of amides is 1. The van der Waals surface area contributed by atoms with E-state index in [-0.39, 0.29) is 5.91 Å². The summed E-state index contributed by atoms with van der Waals surface area (Å²) in [5.74, 6) is 1.36. The Balaban J connectivity index is 1.87. The molecule has 1 aromatic rings. The van der Waals surface area contributed by atoms with Crippen molar-refractivity contribution >= 4 is 17.3 Å². The Morgan fingerprint density at radius 3 is 2.32 bits per heavy atom. The molecule has 0 heterocycles. The lowest BCUT2D eigenvalue weighted by atomic mass is 9.83. The van der Waals surface area contributed by atoms with Gasteiger partial charge in [-0.1, -0.05) is 19.8 Å². The lowest BCUT2D eigenvalue weighted by molar-refractivity contribution is 0.0942. The molecular weight excluding hydrogens is 238 g/mol. The Bertz CT molecular complexity index is 430. The van der Waals surface area contributed by atoms with Crippen LogP contribution in [0.25, 0.3) is 0 Å². The zero-order valence-electron chi connectivity index (χ0n) is 11.5. The SMILES string of the molecule is CC1CCC(CNC(=O)c2cc(N)cc(N)c2)CC1. The minimum absolute atomic E-state index is 0.0855. The van der Waals surface area contributed by atoms with Crippen LogP contribution in [0.2, 0.25) is 0 Å². The monoisotopic (exact) mass is 261 g/mol. The van der Waals surface area contributed by atoms with E-state index in [9.17, 15) is 4.79 Å². The van der Waals surface area contributed by atoms with Crippen LogP contribution in [0.4, 0.5) is 11.4 Å². The average Bonchev–Trinajstić information content (AvgIpc) is 2.36. The Labute approximate surface area is 114 Å². The Morgan fingerprint density at radius 1 is 1.16 bits per heavy atom. The number of carbonyl (C=O) groups excluding carboxylic acids is 1. The van der Waals surface area contributed by atoms with E-state index >= 15 is 0 Å². The number of nitrogens with one attached hydrogen (secondary N) is 1. The van der Waals surface area contributed by atoms with Crippen molar-refractivity contribution < 1.29 is 4.79 Å². The minimum Gasteiger partial charge on any atom is -0.399 e. The number of nitrogen functional groups attached to an aromatic ring is 2. The molecule has 19 heavy (non-hydrogen) atoms. The van der Waals surface area contributed by atoms with Crippen LogP contribution in [0.15, 0.2) is 18.2 Å². The lowest BCUT2D eigenvalue weighted by Crippen LogP contribution is -2.31. The quantitative estimate of drug-likeness (QED) is 0.731. The number of nitrogens with two attached hydrogens (primary N) is 2. The smallest absolute Gasteiger partial charge is 0.251 e. The molecule has 0 radical (unpaired) electrons. The minimum atomic E-state index is -0.0855. The third-order valence-corrected chi connectivity index (χ3v) is 3.93. The fourth-order valence-electron chi connectivity index (χ4n) is 2.68. The van der Waals surface area contributed by atoms with E-state index in [1.54, 1.807) is 18.2 Å². The van der Waals surface area contributed by atoms with Crippen molar-refractivity contribution in [1.29, 1.82) is 0 Å². The average molecular weight is 261 g/mol. The maximum Gasteiger partial charge on any atom is 0.251 e. The van der Waals surface area contributed by atoms with Crippen molar-refractivity contribution in [3.63, 3.8) is 0 Å². The van der Waals surface area contributed by atoms with Gasteiger partial charge in [-0.05, 0) is 42.9 Å². The van der Waals surface area contributed by atoms with Crippen LogP contribution in [-0.4, -0.2) is 12.5 Å². The Kier molecular flexibility index (Phi) is 4.30. The summed E-state index contributed by atoms with van der Waals surface area (Å²) in [5.41, 5.74) is 13.0. The van der Waals surface area contributed by atoms with Crippen molar-refractivity contribution in [2.24, 2.45) is 11.8 Å². The molecule has 0 bridgehead atoms. The molecule has 1 aromatic carbocycles. The molecule has 0 saturated heterocycles. The zero-order chi connectivity index (χ0) is 13.8. The highest BCUT2D eigenvalue weighted by molar-refractivity contribution is 5.96. The van der Waals surface area contributed by atoms with E-state index in [1.807, 2.05) is 0 Å². The number of anilines is 2. The van der Waals surface area contributed by atoms with E-state index < -0.39 is 0 Å². The molecule has 1 aliphatic rings. The number of hydrogen-bond acceptors (Lipinski definition) is 3. The molecule has 4 heteroatoms. The van der Waals surface area contributed by atoms with Gasteiger partial charge in [0, 0.05) is 23.5 Å². The highest BCUT2D eigenvalue weighted by Gasteiger charge is 2.19. The van der Waals surface area contributed by atoms with Gasteiger partial charge in [0.2, 0.25) is 0 Å². The summed E-state index contributed by atoms with van der Waals surface area (Å²) in [4.78, 5) is 12.0. The molecule has 1 aliphatic carbocycles. The Hall–Kier alpha value is -1.71. The molecule has 0 atom stereocenters. The van der Waals surface area contributed by atoms with Gasteiger partial charge >= 0.3 is 0 Å². The van der Waals surface area contributed by atoms with E-state index in [1.165, 1.54) is 25.7 Å². The molecule has 1 fully saturated rings. The van der Waals surface area contributed by atoms with Crippen LogP contribution in [0, 0.1) is 11.8 Å². The summed E-state index contributed by atoms with van der Waals surface area (Å²) in [7, 11) is 0. The molecule has 2 rings (SSSR count). The second-order valence-corrected chi connectivity index (χ2v) is 5.72. The molecule has 0 aliphatic heterocycles. The second-order valence-electron chi connectivity index (χ2n) is 5.72. The van der Waals surface area contributed by atoms with Crippen molar-refractivity contribution in [3.8, 4) is 0 Å². The highest BCUT2D eigenvalue weighted by atomic mass is 16.1. The number of rotatable bonds is 3. The molecule has 0 spiro atoms. The summed E-state index contributed by atoms with van der Waals surface area (Å²) >= 11 is 0. The summed E-state index contributed by atoms with van der Waals surface area (Å²) in [6, 6.07) is 4.97. The normalized spacial score (nSPS) is 23.0. The summed E-state index contributed by atoms with van der Waals surface area (Å²) < 4.78 is 0. The van der Waals surface area contributed by atoms with Crippen LogP contribution >= 0.6 is 0 Å². The number of hydrogen-bond donors (Lipinski definition) is 3. The maximum absolute atomic E-state index is 12.0. The van der Waals surface area contributed by atoms with Crippen molar-refractivity contribution in [1.82, 2.24) is 5.32 Å². The highest BCUT2D eigenvalue weighted by Crippen LogP contribution is 2.27.